The van der Waals surface area contributed by atoms with Crippen molar-refractivity contribution in [2.75, 3.05) is 0 Å². The Balaban J connectivity index is 1.96. The molecule has 0 aliphatic carbocycles. The Morgan fingerprint density at radius 2 is 1.24 bits per heavy atom. The van der Waals surface area contributed by atoms with Crippen LogP contribution in [0.5, 0.6) is 0 Å². The molecule has 0 spiro atoms. The van der Waals surface area contributed by atoms with Gasteiger partial charge in [-0.2, -0.15) is 0 Å². The molecule has 0 N–H and O–H groups in total. The molecule has 0 unspecified atom stereocenters. The van der Waals surface area contributed by atoms with Crippen molar-refractivity contribution >= 4 is 29.0 Å². The quantitative estimate of drug-likeness (QED) is 0.576. The van der Waals surface area contributed by atoms with Crippen molar-refractivity contribution in [3.05, 3.63) is 72.8 Å². The Kier molecular flexibility index (Phi) is 2.67. The van der Waals surface area contributed by atoms with Gasteiger partial charge >= 0.3 is 0 Å². The van der Waals surface area contributed by atoms with E-state index in [9.17, 15) is 0 Å². The minimum atomic E-state index is 1.24. The molecule has 3 aromatic carbocycles. The Bertz CT molecular complexity index is 629. The van der Waals surface area contributed by atoms with Crippen LogP contribution in [0.4, 0.5) is 0 Å². The monoisotopic (exact) mass is 215 g/mol. The summed E-state index contributed by atoms with van der Waals surface area (Å²) in [4.78, 5) is 0. The first-order valence-electron chi connectivity index (χ1n) is 5.80. The van der Waals surface area contributed by atoms with Gasteiger partial charge < -0.3 is 0 Å². The summed E-state index contributed by atoms with van der Waals surface area (Å²) in [7, 11) is 2.20. The summed E-state index contributed by atoms with van der Waals surface area (Å²) in [5.74, 6) is 0. The van der Waals surface area contributed by atoms with Gasteiger partial charge in [-0.25, -0.2) is 0 Å². The van der Waals surface area contributed by atoms with Crippen molar-refractivity contribution in [2.24, 2.45) is 0 Å². The zero-order chi connectivity index (χ0) is 11.5. The minimum Gasteiger partial charge on any atom is -0.0814 e. The van der Waals surface area contributed by atoms with Gasteiger partial charge in [-0.1, -0.05) is 83.7 Å². The van der Waals surface area contributed by atoms with E-state index in [4.69, 9.17) is 0 Å². The van der Waals surface area contributed by atoms with E-state index in [-0.39, 0.29) is 0 Å². The van der Waals surface area contributed by atoms with Gasteiger partial charge in [-0.3, -0.25) is 0 Å². The van der Waals surface area contributed by atoms with Crippen LogP contribution >= 0.6 is 0 Å². The second kappa shape index (κ2) is 4.46. The average Bonchev–Trinajstić information content (AvgIpc) is 2.40. The summed E-state index contributed by atoms with van der Waals surface area (Å²) in [5, 5.41) is 2.58. The van der Waals surface area contributed by atoms with E-state index in [0.717, 1.165) is 0 Å². The first-order chi connectivity index (χ1) is 8.42. The lowest BCUT2D eigenvalue weighted by atomic mass is 9.64. The molecule has 0 amide bonds. The molecular formula is C16H12B. The smallest absolute Gasteiger partial charge is 0.0814 e. The fraction of sp³-hybridized carbons (Fsp3) is 0. The lowest BCUT2D eigenvalue weighted by Crippen LogP contribution is -2.26. The molecule has 0 nitrogen and oxygen atoms in total. The van der Waals surface area contributed by atoms with Gasteiger partial charge in [-0.05, 0) is 10.8 Å². The maximum atomic E-state index is 2.22. The molecule has 0 bridgehead atoms. The van der Waals surface area contributed by atoms with Crippen LogP contribution in [0.25, 0.3) is 10.8 Å². The van der Waals surface area contributed by atoms with Gasteiger partial charge in [0.1, 0.15) is 0 Å². The number of hydrogen-bond donors (Lipinski definition) is 0. The highest BCUT2D eigenvalue weighted by Gasteiger charge is 1.99. The molecular weight excluding hydrogens is 203 g/mol. The fourth-order valence-electron chi connectivity index (χ4n) is 2.04. The molecule has 79 valence electrons. The number of rotatable bonds is 2. The maximum absolute atomic E-state index is 2.22. The lowest BCUT2D eigenvalue weighted by Gasteiger charge is -2.03. The Morgan fingerprint density at radius 3 is 2.06 bits per heavy atom. The summed E-state index contributed by atoms with van der Waals surface area (Å²) >= 11 is 0. The van der Waals surface area contributed by atoms with Gasteiger partial charge in [-0.15, -0.1) is 0 Å². The van der Waals surface area contributed by atoms with Gasteiger partial charge in [0.2, 0.25) is 0 Å². The first kappa shape index (κ1) is 10.2. The molecule has 17 heavy (non-hydrogen) atoms. The molecule has 0 saturated carbocycles. The Morgan fingerprint density at radius 1 is 0.529 bits per heavy atom. The maximum Gasteiger partial charge on any atom is 0.191 e. The van der Waals surface area contributed by atoms with Gasteiger partial charge in [0, 0.05) is 0 Å². The van der Waals surface area contributed by atoms with Crippen molar-refractivity contribution in [1.29, 1.82) is 0 Å². The standard InChI is InChI=1S/C16H12B/c1-2-8-15(9-3-1)17-16-11-10-13-6-4-5-7-14(13)12-16/h1-12H. The molecule has 3 aromatic rings. The molecule has 0 saturated heterocycles. The Hall–Kier alpha value is -2.02. The number of hydrogen-bond acceptors (Lipinski definition) is 0. The molecule has 3 rings (SSSR count). The summed E-state index contributed by atoms with van der Waals surface area (Å²) < 4.78 is 0. The normalized spacial score (nSPS) is 10.4. The third-order valence-electron chi connectivity index (χ3n) is 2.91. The molecule has 1 radical (unpaired) electrons. The zero-order valence-electron chi connectivity index (χ0n) is 9.51. The van der Waals surface area contributed by atoms with E-state index in [1.54, 1.807) is 0 Å². The Labute approximate surface area is 102 Å². The average molecular weight is 215 g/mol. The molecule has 0 aliphatic heterocycles. The van der Waals surface area contributed by atoms with Crippen molar-refractivity contribution in [3.8, 4) is 0 Å². The second-order valence-corrected chi connectivity index (χ2v) is 4.16. The van der Waals surface area contributed by atoms with E-state index >= 15 is 0 Å². The van der Waals surface area contributed by atoms with Gasteiger partial charge in [0.15, 0.2) is 7.28 Å². The molecule has 0 heterocycles. The van der Waals surface area contributed by atoms with Crippen molar-refractivity contribution in [2.45, 2.75) is 0 Å². The van der Waals surface area contributed by atoms with Crippen LogP contribution in [0.2, 0.25) is 0 Å². The highest BCUT2D eigenvalue weighted by atomic mass is 13.9. The van der Waals surface area contributed by atoms with Crippen molar-refractivity contribution in [3.63, 3.8) is 0 Å². The van der Waals surface area contributed by atoms with Crippen LogP contribution < -0.4 is 10.9 Å². The topological polar surface area (TPSA) is 0 Å². The fourth-order valence-corrected chi connectivity index (χ4v) is 2.04. The molecule has 0 aliphatic rings. The van der Waals surface area contributed by atoms with Crippen LogP contribution in [0.15, 0.2) is 72.8 Å². The van der Waals surface area contributed by atoms with Crippen LogP contribution in [0.3, 0.4) is 0 Å². The zero-order valence-corrected chi connectivity index (χ0v) is 9.51. The van der Waals surface area contributed by atoms with E-state index in [1.807, 2.05) is 6.07 Å². The predicted molar refractivity (Wildman–Crippen MR) is 75.4 cm³/mol. The molecule has 1 heteroatoms. The van der Waals surface area contributed by atoms with E-state index in [1.165, 1.54) is 21.7 Å². The SMILES string of the molecule is [B](c1ccccc1)c1ccc2ccccc2c1. The van der Waals surface area contributed by atoms with Crippen LogP contribution in [0.1, 0.15) is 0 Å². The highest BCUT2D eigenvalue weighted by Crippen LogP contribution is 2.10. The summed E-state index contributed by atoms with van der Waals surface area (Å²) in [5.41, 5.74) is 2.48. The second-order valence-electron chi connectivity index (χ2n) is 4.16. The summed E-state index contributed by atoms with van der Waals surface area (Å²) in [6.45, 7) is 0. The van der Waals surface area contributed by atoms with Gasteiger partial charge in [0.05, 0.1) is 0 Å². The largest absolute Gasteiger partial charge is 0.191 e. The lowest BCUT2D eigenvalue weighted by molar-refractivity contribution is 1.76. The molecule has 0 atom stereocenters. The highest BCUT2D eigenvalue weighted by molar-refractivity contribution is 6.67. The van der Waals surface area contributed by atoms with Gasteiger partial charge in [0.25, 0.3) is 0 Å². The van der Waals surface area contributed by atoms with Crippen molar-refractivity contribution in [1.82, 2.24) is 0 Å². The summed E-state index contributed by atoms with van der Waals surface area (Å²) in [6.07, 6.45) is 0. The summed E-state index contributed by atoms with van der Waals surface area (Å²) in [6, 6.07) is 25.4. The number of fused-ring (bicyclic) bond motifs is 1. The molecule has 0 fully saturated rings. The van der Waals surface area contributed by atoms with Crippen LogP contribution in [-0.2, 0) is 0 Å². The predicted octanol–water partition coefficient (Wildman–Crippen LogP) is 2.49. The number of benzene rings is 3. The minimum absolute atomic E-state index is 1.24. The molecule has 0 aromatic heterocycles. The van der Waals surface area contributed by atoms with Crippen LogP contribution in [0, 0.1) is 0 Å². The van der Waals surface area contributed by atoms with Crippen LogP contribution in [-0.4, -0.2) is 7.28 Å². The van der Waals surface area contributed by atoms with E-state index < -0.39 is 0 Å². The van der Waals surface area contributed by atoms with E-state index in [0.29, 0.717) is 0 Å². The van der Waals surface area contributed by atoms with Crippen molar-refractivity contribution < 1.29 is 0 Å². The third-order valence-corrected chi connectivity index (χ3v) is 2.91. The third kappa shape index (κ3) is 2.23. The van der Waals surface area contributed by atoms with E-state index in [2.05, 4.69) is 74.0 Å². The first-order valence-corrected chi connectivity index (χ1v) is 5.80.